The van der Waals surface area contributed by atoms with Gasteiger partial charge in [-0.2, -0.15) is 0 Å². The number of hydrogen-bond acceptors (Lipinski definition) is 4. The number of rotatable bonds is 13. The Kier molecular flexibility index (Phi) is 11.7. The largest absolute Gasteiger partial charge is 0.352 e. The number of nitrogens with one attached hydrogen (secondary N) is 1. The van der Waals surface area contributed by atoms with Gasteiger partial charge in [0.1, 0.15) is 12.6 Å². The van der Waals surface area contributed by atoms with Crippen molar-refractivity contribution >= 4 is 50.7 Å². The van der Waals surface area contributed by atoms with Crippen molar-refractivity contribution in [3.63, 3.8) is 0 Å². The maximum Gasteiger partial charge on any atom is 0.264 e. The number of carbonyl (C=O) groups is 2. The molecule has 0 bridgehead atoms. The van der Waals surface area contributed by atoms with Gasteiger partial charge in [-0.25, -0.2) is 8.42 Å². The van der Waals surface area contributed by atoms with Gasteiger partial charge in [0.05, 0.1) is 20.6 Å². The molecule has 2 amide bonds. The van der Waals surface area contributed by atoms with Gasteiger partial charge < -0.3 is 10.2 Å². The van der Waals surface area contributed by atoms with Gasteiger partial charge in [0.25, 0.3) is 10.0 Å². The van der Waals surface area contributed by atoms with Crippen LogP contribution < -0.4 is 9.62 Å². The van der Waals surface area contributed by atoms with E-state index in [9.17, 15) is 18.0 Å². The molecule has 4 aromatic carbocycles. The molecule has 0 spiro atoms. The minimum absolute atomic E-state index is 0.00736. The first-order valence-corrected chi connectivity index (χ1v) is 16.9. The molecule has 0 heterocycles. The average molecular weight is 667 g/mol. The van der Waals surface area contributed by atoms with Gasteiger partial charge in [0.15, 0.2) is 0 Å². The van der Waals surface area contributed by atoms with Crippen molar-refractivity contribution in [2.75, 3.05) is 10.8 Å². The Morgan fingerprint density at radius 3 is 2.11 bits per heavy atom. The first-order valence-electron chi connectivity index (χ1n) is 14.7. The molecule has 0 saturated carbocycles. The monoisotopic (exact) mass is 665 g/mol. The molecule has 0 aliphatic rings. The van der Waals surface area contributed by atoms with E-state index in [1.807, 2.05) is 75.4 Å². The Bertz CT molecular complexity index is 1720. The number of anilines is 1. The first-order chi connectivity index (χ1) is 21.5. The van der Waals surface area contributed by atoms with Gasteiger partial charge in [-0.3, -0.25) is 13.9 Å². The maximum atomic E-state index is 14.5. The third-order valence-electron chi connectivity index (χ3n) is 7.52. The highest BCUT2D eigenvalue weighted by Gasteiger charge is 2.35. The molecule has 0 aliphatic carbocycles. The van der Waals surface area contributed by atoms with Gasteiger partial charge in [0, 0.05) is 19.0 Å². The number of benzene rings is 4. The van der Waals surface area contributed by atoms with Crippen LogP contribution in [0.5, 0.6) is 0 Å². The summed E-state index contributed by atoms with van der Waals surface area (Å²) in [7, 11) is -4.29. The number of amides is 2. The standard InChI is InChI=1S/C35H37Cl2N3O4S/c1-4-26(3)38-35(42)32(22-27-14-7-5-8-15-27)39(23-28-16-11-13-25(2)21-28)33(41)24-40(31-20-12-19-30(36)34(31)37)45(43,44)29-17-9-6-10-18-29/h5-21,26,32H,4,22-24H2,1-3H3,(H,38,42). The summed E-state index contributed by atoms with van der Waals surface area (Å²) in [6.45, 7) is 5.27. The Hall–Kier alpha value is -3.85. The number of sulfonamides is 1. The van der Waals surface area contributed by atoms with E-state index in [1.54, 1.807) is 30.3 Å². The first kappa shape index (κ1) is 34.0. The van der Waals surface area contributed by atoms with Crippen LogP contribution in [0, 0.1) is 6.92 Å². The van der Waals surface area contributed by atoms with E-state index in [4.69, 9.17) is 23.2 Å². The van der Waals surface area contributed by atoms with Gasteiger partial charge in [0.2, 0.25) is 11.8 Å². The second kappa shape index (κ2) is 15.4. The molecule has 10 heteroatoms. The smallest absolute Gasteiger partial charge is 0.264 e. The second-order valence-corrected chi connectivity index (χ2v) is 13.6. The molecule has 0 radical (unpaired) electrons. The molecule has 0 aliphatic heterocycles. The van der Waals surface area contributed by atoms with E-state index < -0.39 is 28.5 Å². The van der Waals surface area contributed by atoms with E-state index in [1.165, 1.54) is 23.1 Å². The van der Waals surface area contributed by atoms with E-state index in [0.717, 1.165) is 21.0 Å². The summed E-state index contributed by atoms with van der Waals surface area (Å²) in [6, 6.07) is 28.5. The van der Waals surface area contributed by atoms with Crippen molar-refractivity contribution in [2.24, 2.45) is 0 Å². The van der Waals surface area contributed by atoms with E-state index in [-0.39, 0.29) is 45.5 Å². The number of halogens is 2. The fraction of sp³-hybridized carbons (Fsp3) is 0.257. The van der Waals surface area contributed by atoms with Gasteiger partial charge >= 0.3 is 0 Å². The fourth-order valence-corrected chi connectivity index (χ4v) is 6.82. The zero-order valence-electron chi connectivity index (χ0n) is 25.5. The van der Waals surface area contributed by atoms with Gasteiger partial charge in [-0.1, -0.05) is 115 Å². The normalized spacial score (nSPS) is 12.6. The number of nitrogens with zero attached hydrogens (tertiary/aromatic N) is 2. The molecule has 0 saturated heterocycles. The van der Waals surface area contributed by atoms with E-state index in [2.05, 4.69) is 5.32 Å². The third-order valence-corrected chi connectivity index (χ3v) is 10.1. The summed E-state index contributed by atoms with van der Waals surface area (Å²) in [5, 5.41) is 3.17. The molecule has 236 valence electrons. The Morgan fingerprint density at radius 2 is 1.47 bits per heavy atom. The molecule has 4 rings (SSSR count). The predicted molar refractivity (Wildman–Crippen MR) is 181 cm³/mol. The molecule has 7 nitrogen and oxygen atoms in total. The quantitative estimate of drug-likeness (QED) is 0.166. The minimum atomic E-state index is -4.29. The number of hydrogen-bond donors (Lipinski definition) is 1. The number of carbonyl (C=O) groups excluding carboxylic acids is 2. The van der Waals surface area contributed by atoms with Crippen molar-refractivity contribution in [3.8, 4) is 0 Å². The lowest BCUT2D eigenvalue weighted by molar-refractivity contribution is -0.140. The summed E-state index contributed by atoms with van der Waals surface area (Å²) in [5.41, 5.74) is 2.70. The molecule has 2 unspecified atom stereocenters. The van der Waals surface area contributed by atoms with Gasteiger partial charge in [-0.15, -0.1) is 0 Å². The van der Waals surface area contributed by atoms with E-state index in [0.29, 0.717) is 6.42 Å². The Balaban J connectivity index is 1.83. The lowest BCUT2D eigenvalue weighted by Gasteiger charge is -2.34. The Morgan fingerprint density at radius 1 is 0.844 bits per heavy atom. The third kappa shape index (κ3) is 8.66. The highest BCUT2D eigenvalue weighted by molar-refractivity contribution is 7.92. The molecule has 45 heavy (non-hydrogen) atoms. The minimum Gasteiger partial charge on any atom is -0.352 e. The molecular formula is C35H37Cl2N3O4S. The Labute approximate surface area is 275 Å². The molecule has 2 atom stereocenters. The zero-order valence-corrected chi connectivity index (χ0v) is 27.8. The second-order valence-electron chi connectivity index (χ2n) is 10.9. The van der Waals surface area contributed by atoms with Crippen LogP contribution in [-0.2, 0) is 32.6 Å². The van der Waals surface area contributed by atoms with Crippen molar-refractivity contribution in [1.29, 1.82) is 0 Å². The highest BCUT2D eigenvalue weighted by atomic mass is 35.5. The van der Waals surface area contributed by atoms with Crippen molar-refractivity contribution in [2.45, 2.75) is 57.1 Å². The molecule has 1 N–H and O–H groups in total. The lowest BCUT2D eigenvalue weighted by atomic mass is 10.0. The van der Waals surface area contributed by atoms with Crippen LogP contribution in [-0.4, -0.2) is 43.8 Å². The van der Waals surface area contributed by atoms with Crippen LogP contribution in [0.4, 0.5) is 5.69 Å². The van der Waals surface area contributed by atoms with Crippen LogP contribution >= 0.6 is 23.2 Å². The topological polar surface area (TPSA) is 86.8 Å². The van der Waals surface area contributed by atoms with Crippen LogP contribution in [0.25, 0.3) is 0 Å². The maximum absolute atomic E-state index is 14.5. The fourth-order valence-electron chi connectivity index (χ4n) is 4.92. The highest BCUT2D eigenvalue weighted by Crippen LogP contribution is 2.35. The molecular weight excluding hydrogens is 629 g/mol. The van der Waals surface area contributed by atoms with Gasteiger partial charge in [-0.05, 0) is 55.7 Å². The molecule has 4 aromatic rings. The number of aryl methyl sites for hydroxylation is 1. The average Bonchev–Trinajstić information content (AvgIpc) is 3.03. The summed E-state index contributed by atoms with van der Waals surface area (Å²) in [5.74, 6) is -0.903. The molecule has 0 fully saturated rings. The van der Waals surface area contributed by atoms with Crippen LogP contribution in [0.15, 0.2) is 108 Å². The summed E-state index contributed by atoms with van der Waals surface area (Å²) in [6.07, 6.45) is 0.927. The summed E-state index contributed by atoms with van der Waals surface area (Å²) >= 11 is 12.9. The van der Waals surface area contributed by atoms with Crippen LogP contribution in [0.3, 0.4) is 0 Å². The van der Waals surface area contributed by atoms with Crippen molar-refractivity contribution in [1.82, 2.24) is 10.2 Å². The summed E-state index contributed by atoms with van der Waals surface area (Å²) < 4.78 is 29.2. The van der Waals surface area contributed by atoms with E-state index >= 15 is 0 Å². The van der Waals surface area contributed by atoms with Crippen molar-refractivity contribution in [3.05, 3.63) is 130 Å². The zero-order chi connectivity index (χ0) is 32.6. The molecule has 0 aromatic heterocycles. The predicted octanol–water partition coefficient (Wildman–Crippen LogP) is 7.05. The van der Waals surface area contributed by atoms with Crippen LogP contribution in [0.2, 0.25) is 10.0 Å². The lowest BCUT2D eigenvalue weighted by Crippen LogP contribution is -2.54. The van der Waals surface area contributed by atoms with Crippen LogP contribution in [0.1, 0.15) is 37.0 Å². The van der Waals surface area contributed by atoms with Crippen molar-refractivity contribution < 1.29 is 18.0 Å². The SMILES string of the molecule is CCC(C)NC(=O)C(Cc1ccccc1)N(Cc1cccc(C)c1)C(=O)CN(c1cccc(Cl)c1Cl)S(=O)(=O)c1ccccc1. The summed E-state index contributed by atoms with van der Waals surface area (Å²) in [4.78, 5) is 29.9.